The Morgan fingerprint density at radius 2 is 1.69 bits per heavy atom. The highest BCUT2D eigenvalue weighted by Gasteiger charge is 2.19. The van der Waals surface area contributed by atoms with Crippen LogP contribution in [-0.2, 0) is 11.2 Å². The Morgan fingerprint density at radius 1 is 0.969 bits per heavy atom. The summed E-state index contributed by atoms with van der Waals surface area (Å²) >= 11 is 1.32. The number of hydrazine groups is 1. The van der Waals surface area contributed by atoms with Crippen LogP contribution in [0.25, 0.3) is 10.8 Å². The van der Waals surface area contributed by atoms with Crippen LogP contribution < -0.4 is 15.6 Å². The first-order chi connectivity index (χ1) is 15.5. The van der Waals surface area contributed by atoms with Gasteiger partial charge in [0.1, 0.15) is 10.6 Å². The molecule has 32 heavy (non-hydrogen) atoms. The lowest BCUT2D eigenvalue weighted by Crippen LogP contribution is -2.47. The van der Waals surface area contributed by atoms with Gasteiger partial charge in [-0.15, -0.1) is 11.3 Å². The summed E-state index contributed by atoms with van der Waals surface area (Å²) in [5.41, 5.74) is 6.66. The molecule has 1 heterocycles. The molecule has 1 aromatic heterocycles. The Labute approximate surface area is 190 Å². The number of aromatic nitrogens is 1. The molecule has 0 fully saturated rings. The van der Waals surface area contributed by atoms with Gasteiger partial charge in [-0.25, -0.2) is 4.98 Å². The number of thiazole rings is 1. The molecule has 6 nitrogen and oxygen atoms in total. The van der Waals surface area contributed by atoms with Crippen LogP contribution in [-0.4, -0.2) is 22.9 Å². The van der Waals surface area contributed by atoms with Crippen molar-refractivity contribution in [2.75, 3.05) is 0 Å². The third kappa shape index (κ3) is 5.12. The smallest absolute Gasteiger partial charge is 0.281 e. The number of ether oxygens (including phenoxy) is 1. The fourth-order valence-corrected chi connectivity index (χ4v) is 4.28. The van der Waals surface area contributed by atoms with Crippen LogP contribution in [0.5, 0.6) is 5.75 Å². The van der Waals surface area contributed by atoms with Crippen LogP contribution in [0.1, 0.15) is 32.9 Å². The summed E-state index contributed by atoms with van der Waals surface area (Å²) in [6, 6.07) is 23.5. The molecule has 0 radical (unpaired) electrons. The first kappa shape index (κ1) is 21.5. The third-order valence-electron chi connectivity index (χ3n) is 4.95. The monoisotopic (exact) mass is 445 g/mol. The second kappa shape index (κ2) is 9.62. The maximum atomic E-state index is 12.6. The number of amides is 2. The zero-order valence-corrected chi connectivity index (χ0v) is 18.6. The SMILES string of the molecule is Cc1nc(Cc2ccccc2)sc1C(=O)NNC(=O)C(C)Oc1ccc2ccccc2c1. The lowest BCUT2D eigenvalue weighted by atomic mass is 10.1. The summed E-state index contributed by atoms with van der Waals surface area (Å²) in [4.78, 5) is 29.9. The van der Waals surface area contributed by atoms with Crippen molar-refractivity contribution in [1.29, 1.82) is 0 Å². The summed E-state index contributed by atoms with van der Waals surface area (Å²) in [6.45, 7) is 3.42. The molecule has 1 unspecified atom stereocenters. The minimum absolute atomic E-state index is 0.398. The van der Waals surface area contributed by atoms with Gasteiger partial charge in [-0.05, 0) is 42.3 Å². The van der Waals surface area contributed by atoms with E-state index >= 15 is 0 Å². The van der Waals surface area contributed by atoms with E-state index in [1.165, 1.54) is 11.3 Å². The van der Waals surface area contributed by atoms with Crippen LogP contribution >= 0.6 is 11.3 Å². The summed E-state index contributed by atoms with van der Waals surface area (Å²) in [7, 11) is 0. The van der Waals surface area contributed by atoms with E-state index in [0.717, 1.165) is 21.3 Å². The number of fused-ring (bicyclic) bond motifs is 1. The molecule has 3 aromatic carbocycles. The average Bonchev–Trinajstić information content (AvgIpc) is 3.17. The molecule has 0 spiro atoms. The van der Waals surface area contributed by atoms with E-state index in [4.69, 9.17) is 4.74 Å². The number of benzene rings is 3. The fourth-order valence-electron chi connectivity index (χ4n) is 3.28. The lowest BCUT2D eigenvalue weighted by Gasteiger charge is -2.15. The average molecular weight is 446 g/mol. The van der Waals surface area contributed by atoms with Crippen LogP contribution in [0.15, 0.2) is 72.8 Å². The van der Waals surface area contributed by atoms with E-state index in [1.807, 2.05) is 72.8 Å². The molecule has 4 rings (SSSR count). The first-order valence-corrected chi connectivity index (χ1v) is 11.1. The Morgan fingerprint density at radius 3 is 2.47 bits per heavy atom. The van der Waals surface area contributed by atoms with E-state index in [-0.39, 0.29) is 0 Å². The molecule has 2 N–H and O–H groups in total. The Kier molecular flexibility index (Phi) is 6.47. The minimum Gasteiger partial charge on any atom is -0.481 e. The molecule has 0 aliphatic heterocycles. The summed E-state index contributed by atoms with van der Waals surface area (Å²) in [6.07, 6.45) is -0.129. The number of carbonyl (C=O) groups excluding carboxylic acids is 2. The van der Waals surface area contributed by atoms with Crippen molar-refractivity contribution >= 4 is 33.9 Å². The zero-order chi connectivity index (χ0) is 22.5. The van der Waals surface area contributed by atoms with Crippen LogP contribution in [0.2, 0.25) is 0 Å². The topological polar surface area (TPSA) is 80.3 Å². The van der Waals surface area contributed by atoms with Crippen molar-refractivity contribution in [2.24, 2.45) is 0 Å². The maximum Gasteiger partial charge on any atom is 0.281 e. The molecule has 0 bridgehead atoms. The van der Waals surface area contributed by atoms with E-state index in [9.17, 15) is 9.59 Å². The summed E-state index contributed by atoms with van der Waals surface area (Å²) in [5, 5.41) is 2.96. The van der Waals surface area contributed by atoms with Gasteiger partial charge >= 0.3 is 0 Å². The van der Waals surface area contributed by atoms with Crippen molar-refractivity contribution in [1.82, 2.24) is 15.8 Å². The Bertz CT molecular complexity index is 1250. The van der Waals surface area contributed by atoms with E-state index in [1.54, 1.807) is 13.8 Å². The van der Waals surface area contributed by atoms with Gasteiger partial charge in [0.2, 0.25) is 0 Å². The molecule has 162 valence electrons. The summed E-state index contributed by atoms with van der Waals surface area (Å²) < 4.78 is 5.74. The van der Waals surface area contributed by atoms with Gasteiger partial charge in [-0.2, -0.15) is 0 Å². The number of carbonyl (C=O) groups is 2. The quantitative estimate of drug-likeness (QED) is 0.431. The molecule has 1 atom stereocenters. The van der Waals surface area contributed by atoms with Gasteiger partial charge in [-0.3, -0.25) is 20.4 Å². The number of nitrogens with one attached hydrogen (secondary N) is 2. The van der Waals surface area contributed by atoms with Gasteiger partial charge in [0, 0.05) is 6.42 Å². The second-order valence-corrected chi connectivity index (χ2v) is 8.48. The van der Waals surface area contributed by atoms with Crippen molar-refractivity contribution in [3.8, 4) is 5.75 Å². The number of hydrogen-bond donors (Lipinski definition) is 2. The Balaban J connectivity index is 1.33. The standard InChI is InChI=1S/C25H23N3O3S/c1-16-23(32-22(26-16)14-18-8-4-3-5-9-18)25(30)28-27-24(29)17(2)31-21-13-12-19-10-6-7-11-20(19)15-21/h3-13,15,17H,14H2,1-2H3,(H,27,29)(H,28,30). The van der Waals surface area contributed by atoms with Crippen molar-refractivity contribution in [2.45, 2.75) is 26.4 Å². The lowest BCUT2D eigenvalue weighted by molar-refractivity contribution is -0.128. The van der Waals surface area contributed by atoms with Gasteiger partial charge in [0.05, 0.1) is 10.7 Å². The highest BCUT2D eigenvalue weighted by Crippen LogP contribution is 2.22. The maximum absolute atomic E-state index is 12.6. The van der Waals surface area contributed by atoms with Crippen molar-refractivity contribution < 1.29 is 14.3 Å². The zero-order valence-electron chi connectivity index (χ0n) is 17.8. The first-order valence-electron chi connectivity index (χ1n) is 10.3. The van der Waals surface area contributed by atoms with E-state index in [0.29, 0.717) is 22.7 Å². The Hall–Kier alpha value is -3.71. The van der Waals surface area contributed by atoms with E-state index < -0.39 is 17.9 Å². The normalized spacial score (nSPS) is 11.7. The molecule has 4 aromatic rings. The number of nitrogens with zero attached hydrogens (tertiary/aromatic N) is 1. The van der Waals surface area contributed by atoms with Gasteiger partial charge in [-0.1, -0.05) is 60.7 Å². The predicted octanol–water partition coefficient (Wildman–Crippen LogP) is 4.42. The number of rotatable bonds is 6. The minimum atomic E-state index is -0.785. The second-order valence-electron chi connectivity index (χ2n) is 7.40. The van der Waals surface area contributed by atoms with Gasteiger partial charge in [0.15, 0.2) is 6.10 Å². The highest BCUT2D eigenvalue weighted by atomic mass is 32.1. The molecule has 0 aliphatic carbocycles. The van der Waals surface area contributed by atoms with Crippen molar-refractivity contribution in [3.05, 3.63) is 93.9 Å². The van der Waals surface area contributed by atoms with E-state index in [2.05, 4.69) is 15.8 Å². The molecule has 0 saturated heterocycles. The molecule has 0 saturated carbocycles. The number of hydrogen-bond acceptors (Lipinski definition) is 5. The molecule has 0 aliphatic rings. The third-order valence-corrected chi connectivity index (χ3v) is 6.10. The van der Waals surface area contributed by atoms with Gasteiger partial charge < -0.3 is 4.74 Å². The van der Waals surface area contributed by atoms with Crippen LogP contribution in [0, 0.1) is 6.92 Å². The van der Waals surface area contributed by atoms with Crippen LogP contribution in [0.4, 0.5) is 0 Å². The predicted molar refractivity (Wildman–Crippen MR) is 126 cm³/mol. The molecule has 2 amide bonds. The van der Waals surface area contributed by atoms with Gasteiger partial charge in [0.25, 0.3) is 11.8 Å². The largest absolute Gasteiger partial charge is 0.481 e. The molecular weight excluding hydrogens is 422 g/mol. The number of aryl methyl sites for hydroxylation is 1. The van der Waals surface area contributed by atoms with Crippen molar-refractivity contribution in [3.63, 3.8) is 0 Å². The fraction of sp³-hybridized carbons (Fsp3) is 0.160. The molecule has 7 heteroatoms. The highest BCUT2D eigenvalue weighted by molar-refractivity contribution is 7.13. The molecular formula is C25H23N3O3S. The van der Waals surface area contributed by atoms with Crippen LogP contribution in [0.3, 0.4) is 0 Å². The summed E-state index contributed by atoms with van der Waals surface area (Å²) in [5.74, 6) is -0.259.